The number of aliphatic imine (C=N–C) groups is 1. The molecule has 6 atom stereocenters. The zero-order valence-corrected chi connectivity index (χ0v) is 26.1. The van der Waals surface area contributed by atoms with Gasteiger partial charge in [-0.15, -0.1) is 0 Å². The second-order valence-corrected chi connectivity index (χ2v) is 12.5. The Bertz CT molecular complexity index is 1300. The summed E-state index contributed by atoms with van der Waals surface area (Å²) in [6.45, 7) is 0.295. The Kier molecular flexibility index (Phi) is 11.8. The molecule has 3 fully saturated rings. The number of nitrogens with zero attached hydrogens (tertiary/aromatic N) is 3. The number of phenols is 1. The van der Waals surface area contributed by atoms with Gasteiger partial charge in [0.15, 0.2) is 5.96 Å². The van der Waals surface area contributed by atoms with Crippen LogP contribution in [-0.4, -0.2) is 100 Å². The van der Waals surface area contributed by atoms with Gasteiger partial charge in [-0.05, 0) is 68.6 Å². The minimum Gasteiger partial charge on any atom is -0.508 e. The third-order valence-corrected chi connectivity index (χ3v) is 9.23. The number of primary amides is 1. The number of carbonyl (C=O) groups is 5. The molecule has 252 valence electrons. The Labute approximate surface area is 268 Å². The molecule has 15 nitrogen and oxygen atoms in total. The minimum absolute atomic E-state index is 0.0274. The predicted molar refractivity (Wildman–Crippen MR) is 170 cm³/mol. The first-order chi connectivity index (χ1) is 22.0. The van der Waals surface area contributed by atoms with Crippen LogP contribution in [0, 0.1) is 5.92 Å². The van der Waals surface area contributed by atoms with Crippen molar-refractivity contribution >= 4 is 35.5 Å². The number of likely N-dealkylation sites (tertiary alicyclic amines) is 2. The van der Waals surface area contributed by atoms with Gasteiger partial charge in [-0.1, -0.05) is 25.0 Å². The molecule has 1 aliphatic carbocycles. The number of hydrogen-bond acceptors (Lipinski definition) is 8. The van der Waals surface area contributed by atoms with Gasteiger partial charge < -0.3 is 48.5 Å². The highest BCUT2D eigenvalue weighted by molar-refractivity contribution is 5.95. The van der Waals surface area contributed by atoms with Crippen molar-refractivity contribution in [2.45, 2.75) is 94.4 Å². The van der Waals surface area contributed by atoms with Crippen molar-refractivity contribution < 1.29 is 29.1 Å². The number of rotatable bonds is 13. The molecular weight excluding hydrogens is 594 g/mol. The number of phenolic OH excluding ortho intramolecular Hbond substituents is 1. The number of fused-ring (bicyclic) bond motifs is 1. The summed E-state index contributed by atoms with van der Waals surface area (Å²) in [5.41, 5.74) is 23.3. The Morgan fingerprint density at radius 2 is 1.70 bits per heavy atom. The molecule has 11 N–H and O–H groups in total. The number of nitrogens with one attached hydrogen (secondary N) is 2. The van der Waals surface area contributed by atoms with Gasteiger partial charge in [0, 0.05) is 25.6 Å². The Morgan fingerprint density at radius 3 is 2.39 bits per heavy atom. The summed E-state index contributed by atoms with van der Waals surface area (Å²) in [7, 11) is 0. The molecule has 1 aromatic rings. The van der Waals surface area contributed by atoms with Gasteiger partial charge >= 0.3 is 0 Å². The van der Waals surface area contributed by atoms with Crippen LogP contribution < -0.4 is 33.6 Å². The number of carbonyl (C=O) groups excluding carboxylic acids is 5. The first kappa shape index (κ1) is 34.5. The lowest BCUT2D eigenvalue weighted by molar-refractivity contribution is -0.148. The molecule has 5 amide bonds. The molecular formula is C31H47N9O6. The van der Waals surface area contributed by atoms with Crippen molar-refractivity contribution in [2.75, 3.05) is 19.6 Å². The summed E-state index contributed by atoms with van der Waals surface area (Å²) in [6.07, 6.45) is 6.28. The van der Waals surface area contributed by atoms with Crippen LogP contribution >= 0.6 is 0 Å². The van der Waals surface area contributed by atoms with E-state index in [4.69, 9.17) is 22.9 Å². The van der Waals surface area contributed by atoms with Gasteiger partial charge in [0.2, 0.25) is 29.5 Å². The van der Waals surface area contributed by atoms with Crippen LogP contribution in [0.3, 0.4) is 0 Å². The van der Waals surface area contributed by atoms with Crippen molar-refractivity contribution in [1.82, 2.24) is 20.4 Å². The highest BCUT2D eigenvalue weighted by atomic mass is 16.3. The molecule has 2 heterocycles. The molecule has 0 radical (unpaired) electrons. The maximum absolute atomic E-state index is 14.1. The summed E-state index contributed by atoms with van der Waals surface area (Å²) in [5, 5.41) is 14.6. The zero-order chi connectivity index (χ0) is 33.4. The van der Waals surface area contributed by atoms with Gasteiger partial charge in [-0.2, -0.15) is 0 Å². The fraction of sp³-hybridized carbons (Fsp3) is 0.613. The van der Waals surface area contributed by atoms with Crippen LogP contribution in [0.1, 0.15) is 63.4 Å². The topological polar surface area (TPSA) is 253 Å². The monoisotopic (exact) mass is 641 g/mol. The van der Waals surface area contributed by atoms with Crippen LogP contribution in [0.15, 0.2) is 29.3 Å². The second-order valence-electron chi connectivity index (χ2n) is 12.5. The number of amides is 5. The summed E-state index contributed by atoms with van der Waals surface area (Å²) < 4.78 is 0. The maximum Gasteiger partial charge on any atom is 0.246 e. The first-order valence-corrected chi connectivity index (χ1v) is 16.0. The first-order valence-electron chi connectivity index (χ1n) is 16.0. The fourth-order valence-electron chi connectivity index (χ4n) is 6.95. The van der Waals surface area contributed by atoms with Gasteiger partial charge in [0.25, 0.3) is 0 Å². The summed E-state index contributed by atoms with van der Waals surface area (Å²) in [5.74, 6) is -2.16. The van der Waals surface area contributed by atoms with Crippen LogP contribution in [0.5, 0.6) is 5.75 Å². The molecule has 0 bridgehead atoms. The van der Waals surface area contributed by atoms with Crippen LogP contribution in [0.4, 0.5) is 0 Å². The number of guanidine groups is 1. The number of benzene rings is 1. The van der Waals surface area contributed by atoms with E-state index in [0.29, 0.717) is 50.8 Å². The van der Waals surface area contributed by atoms with Gasteiger partial charge in [-0.25, -0.2) is 0 Å². The smallest absolute Gasteiger partial charge is 0.246 e. The third kappa shape index (κ3) is 8.65. The van der Waals surface area contributed by atoms with Crippen molar-refractivity contribution in [3.8, 4) is 5.75 Å². The molecule has 46 heavy (non-hydrogen) atoms. The average molecular weight is 642 g/mol. The maximum atomic E-state index is 14.1. The lowest BCUT2D eigenvalue weighted by Gasteiger charge is -2.36. The Balaban J connectivity index is 1.37. The molecule has 15 heteroatoms. The van der Waals surface area contributed by atoms with E-state index in [9.17, 15) is 29.1 Å². The van der Waals surface area contributed by atoms with E-state index in [2.05, 4.69) is 15.6 Å². The number of nitrogens with two attached hydrogens (primary N) is 4. The number of hydrogen-bond donors (Lipinski definition) is 7. The molecule has 0 spiro atoms. The minimum atomic E-state index is -1.02. The van der Waals surface area contributed by atoms with Crippen molar-refractivity contribution in [2.24, 2.45) is 33.8 Å². The van der Waals surface area contributed by atoms with Crippen molar-refractivity contribution in [3.63, 3.8) is 0 Å². The molecule has 1 saturated carbocycles. The quantitative estimate of drug-likeness (QED) is 0.0755. The lowest BCUT2D eigenvalue weighted by Crippen LogP contribution is -2.57. The molecule has 0 unspecified atom stereocenters. The standard InChI is InChI=1S/C31H47N9O6/c32-21(6-3-13-36-31(34)35)29(45)40-23-7-2-1-5-19(23)16-25(40)30(46)39-14-4-8-24(39)28(44)37-17-26(42)38-22(27(33)43)15-18-9-11-20(41)12-10-18/h9-12,19,21-25,41H,1-8,13-17,32H2,(H2,33,43)(H,37,44)(H,38,42)(H4,34,35,36)/t19-,21+,22-,23-,24-,25-/m0/s1. The number of aromatic hydroxyl groups is 1. The highest BCUT2D eigenvalue weighted by Crippen LogP contribution is 2.41. The SMILES string of the molecule is NC(=O)[C@H](Cc1ccc(O)cc1)NC(=O)CNC(=O)[C@@H]1CCCN1C(=O)[C@@H]1C[C@@H]2CCCC[C@@H]2N1C(=O)[C@H](N)CCCN=C(N)N. The van der Waals surface area contributed by atoms with Crippen LogP contribution in [0.25, 0.3) is 0 Å². The van der Waals surface area contributed by atoms with Crippen molar-refractivity contribution in [3.05, 3.63) is 29.8 Å². The van der Waals surface area contributed by atoms with E-state index in [1.54, 1.807) is 17.0 Å². The normalized spacial score (nSPS) is 23.6. The van der Waals surface area contributed by atoms with Gasteiger partial charge in [0.05, 0.1) is 12.6 Å². The summed E-state index contributed by atoms with van der Waals surface area (Å²) in [4.78, 5) is 72.8. The van der Waals surface area contributed by atoms with E-state index in [1.807, 2.05) is 0 Å². The van der Waals surface area contributed by atoms with E-state index in [0.717, 1.165) is 25.7 Å². The van der Waals surface area contributed by atoms with E-state index < -0.39 is 48.4 Å². The molecule has 0 aromatic heterocycles. The largest absolute Gasteiger partial charge is 0.508 e. The summed E-state index contributed by atoms with van der Waals surface area (Å²) in [6, 6.07) is 2.75. The molecule has 2 saturated heterocycles. The van der Waals surface area contributed by atoms with Crippen LogP contribution in [-0.2, 0) is 30.4 Å². The van der Waals surface area contributed by atoms with E-state index in [1.165, 1.54) is 17.0 Å². The van der Waals surface area contributed by atoms with Crippen LogP contribution in [0.2, 0.25) is 0 Å². The van der Waals surface area contributed by atoms with Crippen molar-refractivity contribution in [1.29, 1.82) is 0 Å². The fourth-order valence-corrected chi connectivity index (χ4v) is 6.95. The third-order valence-electron chi connectivity index (χ3n) is 9.23. The summed E-state index contributed by atoms with van der Waals surface area (Å²) >= 11 is 0. The molecule has 2 aliphatic heterocycles. The molecule has 4 rings (SSSR count). The van der Waals surface area contributed by atoms with E-state index in [-0.39, 0.29) is 41.9 Å². The molecule has 3 aliphatic rings. The van der Waals surface area contributed by atoms with Gasteiger partial charge in [-0.3, -0.25) is 29.0 Å². The lowest BCUT2D eigenvalue weighted by atomic mass is 9.84. The van der Waals surface area contributed by atoms with Gasteiger partial charge in [0.1, 0.15) is 23.9 Å². The zero-order valence-electron chi connectivity index (χ0n) is 26.1. The predicted octanol–water partition coefficient (Wildman–Crippen LogP) is -1.45. The Morgan fingerprint density at radius 1 is 0.978 bits per heavy atom. The average Bonchev–Trinajstić information content (AvgIpc) is 3.67. The van der Waals surface area contributed by atoms with E-state index >= 15 is 0 Å². The highest BCUT2D eigenvalue weighted by Gasteiger charge is 2.50. The second kappa shape index (κ2) is 15.7. The molecule has 1 aromatic carbocycles. The Hall–Kier alpha value is -4.40.